The van der Waals surface area contributed by atoms with Crippen LogP contribution in [-0.2, 0) is 10.1 Å². The van der Waals surface area contributed by atoms with E-state index >= 15 is 0 Å². The first-order valence-corrected chi connectivity index (χ1v) is 13.0. The standard InChI is InChI=1S/C26H20N4O5S2/c1-17-8-11-21(12-9-17)37(32,33)35-22-13-10-18(15-23(22)34-2)14-20(16-27)25-29-30-26(36-25)28-24(31)19-6-4-3-5-7-19/h3-15H,1-2H3,(H,28,30,31)/b20-14+. The van der Waals surface area contributed by atoms with Crippen LogP contribution in [0.4, 0.5) is 5.13 Å². The zero-order chi connectivity index (χ0) is 26.4. The van der Waals surface area contributed by atoms with Crippen LogP contribution in [0.3, 0.4) is 0 Å². The van der Waals surface area contributed by atoms with E-state index in [0.29, 0.717) is 16.1 Å². The lowest BCUT2D eigenvalue weighted by Crippen LogP contribution is -2.11. The maximum absolute atomic E-state index is 12.7. The van der Waals surface area contributed by atoms with Crippen LogP contribution in [0, 0.1) is 18.3 Å². The summed E-state index contributed by atoms with van der Waals surface area (Å²) in [6.45, 7) is 1.85. The number of rotatable bonds is 8. The third-order valence-electron chi connectivity index (χ3n) is 5.04. The number of aromatic nitrogens is 2. The van der Waals surface area contributed by atoms with Crippen LogP contribution < -0.4 is 14.2 Å². The van der Waals surface area contributed by atoms with E-state index in [4.69, 9.17) is 8.92 Å². The summed E-state index contributed by atoms with van der Waals surface area (Å²) in [5.74, 6) is -0.179. The lowest BCUT2D eigenvalue weighted by molar-refractivity contribution is 0.102. The van der Waals surface area contributed by atoms with E-state index < -0.39 is 10.1 Å². The lowest BCUT2D eigenvalue weighted by atomic mass is 10.1. The number of amides is 1. The van der Waals surface area contributed by atoms with Crippen molar-refractivity contribution in [3.63, 3.8) is 0 Å². The molecule has 1 amide bonds. The molecule has 186 valence electrons. The van der Waals surface area contributed by atoms with Gasteiger partial charge >= 0.3 is 10.1 Å². The van der Waals surface area contributed by atoms with Gasteiger partial charge in [0.25, 0.3) is 5.91 Å². The van der Waals surface area contributed by atoms with E-state index in [2.05, 4.69) is 21.6 Å². The number of aryl methyl sites for hydroxylation is 1. The van der Waals surface area contributed by atoms with E-state index in [0.717, 1.165) is 16.9 Å². The molecule has 11 heteroatoms. The van der Waals surface area contributed by atoms with Crippen molar-refractivity contribution in [2.24, 2.45) is 0 Å². The van der Waals surface area contributed by atoms with Gasteiger partial charge in [0.05, 0.1) is 12.7 Å². The fraction of sp³-hybridized carbons (Fsp3) is 0.0769. The van der Waals surface area contributed by atoms with E-state index in [1.54, 1.807) is 54.6 Å². The van der Waals surface area contributed by atoms with Crippen molar-refractivity contribution in [3.05, 3.63) is 94.5 Å². The SMILES string of the molecule is COc1cc(/C=C(\C#N)c2nnc(NC(=O)c3ccccc3)s2)ccc1OS(=O)(=O)c1ccc(C)cc1. The van der Waals surface area contributed by atoms with Gasteiger partial charge in [-0.3, -0.25) is 10.1 Å². The topological polar surface area (TPSA) is 131 Å². The minimum Gasteiger partial charge on any atom is -0.493 e. The zero-order valence-corrected chi connectivity index (χ0v) is 21.3. The van der Waals surface area contributed by atoms with Gasteiger partial charge in [0.15, 0.2) is 16.5 Å². The van der Waals surface area contributed by atoms with Gasteiger partial charge in [-0.05, 0) is 55.0 Å². The number of anilines is 1. The Bertz CT molecular complexity index is 1610. The van der Waals surface area contributed by atoms with Crippen LogP contribution in [0.25, 0.3) is 11.6 Å². The monoisotopic (exact) mass is 532 g/mol. The lowest BCUT2D eigenvalue weighted by Gasteiger charge is -2.11. The summed E-state index contributed by atoms with van der Waals surface area (Å²) in [5, 5.41) is 20.8. The van der Waals surface area contributed by atoms with Crippen molar-refractivity contribution >= 4 is 44.1 Å². The van der Waals surface area contributed by atoms with Crippen LogP contribution in [-0.4, -0.2) is 31.6 Å². The normalized spacial score (nSPS) is 11.4. The molecule has 0 aliphatic rings. The number of carbonyl (C=O) groups excluding carboxylic acids is 1. The molecule has 1 aromatic heterocycles. The molecule has 0 aliphatic carbocycles. The highest BCUT2D eigenvalue weighted by atomic mass is 32.2. The fourth-order valence-corrected chi connectivity index (χ4v) is 4.81. The van der Waals surface area contributed by atoms with E-state index in [9.17, 15) is 18.5 Å². The molecule has 0 bridgehead atoms. The van der Waals surface area contributed by atoms with Crippen molar-refractivity contribution < 1.29 is 22.1 Å². The predicted octanol–water partition coefficient (Wildman–Crippen LogP) is 4.94. The zero-order valence-electron chi connectivity index (χ0n) is 19.7. The largest absolute Gasteiger partial charge is 0.493 e. The van der Waals surface area contributed by atoms with Gasteiger partial charge in [-0.25, -0.2) is 0 Å². The van der Waals surface area contributed by atoms with Crippen molar-refractivity contribution in [1.29, 1.82) is 5.26 Å². The van der Waals surface area contributed by atoms with Crippen molar-refractivity contribution in [3.8, 4) is 17.6 Å². The molecular weight excluding hydrogens is 512 g/mol. The minimum atomic E-state index is -4.07. The number of ether oxygens (including phenoxy) is 1. The third kappa shape index (κ3) is 6.19. The average Bonchev–Trinajstić information content (AvgIpc) is 3.36. The Balaban J connectivity index is 1.54. The number of carbonyl (C=O) groups is 1. The molecule has 1 N–H and O–H groups in total. The fourth-order valence-electron chi connectivity index (χ4n) is 3.16. The molecule has 0 unspecified atom stereocenters. The van der Waals surface area contributed by atoms with Crippen molar-refractivity contribution in [2.45, 2.75) is 11.8 Å². The Labute approximate surface area is 217 Å². The number of hydrogen-bond acceptors (Lipinski definition) is 9. The van der Waals surface area contributed by atoms with Crippen LogP contribution >= 0.6 is 11.3 Å². The highest BCUT2D eigenvalue weighted by Crippen LogP contribution is 2.33. The molecule has 4 rings (SSSR count). The summed E-state index contributed by atoms with van der Waals surface area (Å²) in [4.78, 5) is 12.4. The first-order chi connectivity index (χ1) is 17.8. The van der Waals surface area contributed by atoms with Crippen molar-refractivity contribution in [2.75, 3.05) is 12.4 Å². The molecule has 0 atom stereocenters. The quantitative estimate of drug-likeness (QED) is 0.249. The van der Waals surface area contributed by atoms with Crippen LogP contribution in [0.1, 0.15) is 26.5 Å². The number of nitriles is 1. The number of allylic oxidation sites excluding steroid dienone is 1. The van der Waals surface area contributed by atoms with Crippen LogP contribution in [0.2, 0.25) is 0 Å². The first-order valence-electron chi connectivity index (χ1n) is 10.8. The second-order valence-corrected chi connectivity index (χ2v) is 10.2. The molecule has 0 spiro atoms. The summed E-state index contributed by atoms with van der Waals surface area (Å²) in [6, 6.07) is 21.6. The molecule has 1 heterocycles. The van der Waals surface area contributed by atoms with Gasteiger partial charge < -0.3 is 8.92 Å². The molecule has 0 saturated heterocycles. The van der Waals surface area contributed by atoms with Crippen LogP contribution in [0.5, 0.6) is 11.5 Å². The average molecular weight is 533 g/mol. The first kappa shape index (κ1) is 25.6. The van der Waals surface area contributed by atoms with E-state index in [1.807, 2.05) is 6.92 Å². The molecule has 3 aromatic carbocycles. The number of nitrogens with one attached hydrogen (secondary N) is 1. The third-order valence-corrected chi connectivity index (χ3v) is 7.16. The van der Waals surface area contributed by atoms with Gasteiger partial charge in [0.2, 0.25) is 5.13 Å². The maximum atomic E-state index is 12.7. The molecule has 0 radical (unpaired) electrons. The maximum Gasteiger partial charge on any atom is 0.339 e. The van der Waals surface area contributed by atoms with E-state index in [-0.39, 0.29) is 33.0 Å². The Hall–Kier alpha value is -4.53. The summed E-state index contributed by atoms with van der Waals surface area (Å²) >= 11 is 1.05. The summed E-state index contributed by atoms with van der Waals surface area (Å²) in [6.07, 6.45) is 1.55. The molecule has 9 nitrogen and oxygen atoms in total. The number of nitrogens with zero attached hydrogens (tertiary/aromatic N) is 3. The molecule has 0 aliphatic heterocycles. The summed E-state index contributed by atoms with van der Waals surface area (Å²) in [7, 11) is -2.69. The van der Waals surface area contributed by atoms with Gasteiger partial charge in [0, 0.05) is 5.56 Å². The summed E-state index contributed by atoms with van der Waals surface area (Å²) < 4.78 is 36.0. The van der Waals surface area contributed by atoms with Gasteiger partial charge in [-0.1, -0.05) is 53.3 Å². The molecule has 4 aromatic rings. The van der Waals surface area contributed by atoms with Crippen LogP contribution in [0.15, 0.2) is 77.7 Å². The molecule has 37 heavy (non-hydrogen) atoms. The highest BCUT2D eigenvalue weighted by Gasteiger charge is 2.19. The van der Waals surface area contributed by atoms with Gasteiger partial charge in [-0.2, -0.15) is 13.7 Å². The predicted molar refractivity (Wildman–Crippen MR) is 140 cm³/mol. The summed E-state index contributed by atoms with van der Waals surface area (Å²) in [5.41, 5.74) is 2.12. The molecule has 0 fully saturated rings. The Morgan fingerprint density at radius 2 is 1.76 bits per heavy atom. The Morgan fingerprint density at radius 3 is 2.43 bits per heavy atom. The van der Waals surface area contributed by atoms with Gasteiger partial charge in [0.1, 0.15) is 11.0 Å². The smallest absolute Gasteiger partial charge is 0.339 e. The Morgan fingerprint density at radius 1 is 1.03 bits per heavy atom. The van der Waals surface area contributed by atoms with Gasteiger partial charge in [-0.15, -0.1) is 10.2 Å². The van der Waals surface area contributed by atoms with E-state index in [1.165, 1.54) is 31.4 Å². The minimum absolute atomic E-state index is 0.000517. The molecule has 0 saturated carbocycles. The molecular formula is C26H20N4O5S2. The Kier molecular flexibility index (Phi) is 7.62. The highest BCUT2D eigenvalue weighted by molar-refractivity contribution is 7.87. The number of benzene rings is 3. The second-order valence-electron chi connectivity index (χ2n) is 7.66. The number of hydrogen-bond donors (Lipinski definition) is 1. The second kappa shape index (κ2) is 11.0. The van der Waals surface area contributed by atoms with Crippen molar-refractivity contribution in [1.82, 2.24) is 10.2 Å². The number of methoxy groups -OCH3 is 1.